The molecular formula is C15H20FN5OS. The van der Waals surface area contributed by atoms with E-state index in [1.807, 2.05) is 0 Å². The molecule has 1 amide bonds. The highest BCUT2D eigenvalue weighted by Crippen LogP contribution is 2.27. The van der Waals surface area contributed by atoms with E-state index in [2.05, 4.69) is 10.2 Å². The molecule has 0 spiro atoms. The fourth-order valence-electron chi connectivity index (χ4n) is 2.11. The Labute approximate surface area is 138 Å². The van der Waals surface area contributed by atoms with Crippen LogP contribution >= 0.6 is 11.8 Å². The van der Waals surface area contributed by atoms with Crippen molar-refractivity contribution in [3.05, 3.63) is 35.9 Å². The zero-order valence-electron chi connectivity index (χ0n) is 13.4. The molecule has 1 heterocycles. The fraction of sp³-hybridized carbons (Fsp3) is 0.400. The zero-order valence-corrected chi connectivity index (χ0v) is 14.2. The summed E-state index contributed by atoms with van der Waals surface area (Å²) in [6.07, 6.45) is 0.470. The summed E-state index contributed by atoms with van der Waals surface area (Å²) >= 11 is 1.25. The Kier molecular flexibility index (Phi) is 5.73. The van der Waals surface area contributed by atoms with Crippen LogP contribution in [0.4, 0.5) is 4.39 Å². The largest absolute Gasteiger partial charge is 0.348 e. The predicted octanol–water partition coefficient (Wildman–Crippen LogP) is 1.48. The van der Waals surface area contributed by atoms with Crippen LogP contribution in [-0.2, 0) is 11.2 Å². The van der Waals surface area contributed by atoms with Crippen molar-refractivity contribution >= 4 is 17.7 Å². The number of nitrogens with two attached hydrogens (primary N) is 1. The molecule has 0 aliphatic carbocycles. The van der Waals surface area contributed by atoms with Crippen molar-refractivity contribution in [2.45, 2.75) is 23.8 Å². The Morgan fingerprint density at radius 2 is 2.09 bits per heavy atom. The van der Waals surface area contributed by atoms with Crippen molar-refractivity contribution in [1.82, 2.24) is 19.7 Å². The lowest BCUT2D eigenvalue weighted by molar-refractivity contribution is -0.127. The topological polar surface area (TPSA) is 77.0 Å². The average molecular weight is 337 g/mol. The Hall–Kier alpha value is -1.93. The van der Waals surface area contributed by atoms with E-state index < -0.39 is 0 Å². The minimum atomic E-state index is -0.376. The maximum Gasteiger partial charge on any atom is 0.235 e. The number of hydrogen-bond donors (Lipinski definition) is 1. The third kappa shape index (κ3) is 3.89. The quantitative estimate of drug-likeness (QED) is 0.808. The smallest absolute Gasteiger partial charge is 0.235 e. The van der Waals surface area contributed by atoms with Crippen LogP contribution in [0.1, 0.15) is 12.7 Å². The summed E-state index contributed by atoms with van der Waals surface area (Å²) in [6.45, 7) is 2.17. The standard InChI is InChI=1S/C15H20FN5OS/c1-10(14(22)20(2)3)23-15-19-18-13(8-9-17)21(15)12-7-5-4-6-11(12)16/h4-7,10H,8-9,17H2,1-3H3/t10-/m0/s1. The second-order valence-corrected chi connectivity index (χ2v) is 6.53. The van der Waals surface area contributed by atoms with Crippen LogP contribution in [0.25, 0.3) is 5.69 Å². The van der Waals surface area contributed by atoms with Gasteiger partial charge in [-0.3, -0.25) is 9.36 Å². The van der Waals surface area contributed by atoms with Crippen molar-refractivity contribution in [2.24, 2.45) is 5.73 Å². The molecule has 0 aliphatic rings. The molecule has 0 radical (unpaired) electrons. The molecule has 0 saturated carbocycles. The molecule has 2 aromatic rings. The van der Waals surface area contributed by atoms with Gasteiger partial charge in [0.05, 0.1) is 10.9 Å². The molecule has 23 heavy (non-hydrogen) atoms. The van der Waals surface area contributed by atoms with Crippen LogP contribution in [0.2, 0.25) is 0 Å². The van der Waals surface area contributed by atoms with Crippen molar-refractivity contribution in [3.63, 3.8) is 0 Å². The Balaban J connectivity index is 2.41. The normalized spacial score (nSPS) is 12.2. The number of aromatic nitrogens is 3. The van der Waals surface area contributed by atoms with Crippen LogP contribution in [0, 0.1) is 5.82 Å². The first kappa shape index (κ1) is 17.4. The molecule has 0 saturated heterocycles. The van der Waals surface area contributed by atoms with Gasteiger partial charge in [-0.15, -0.1) is 10.2 Å². The number of para-hydroxylation sites is 1. The first-order valence-electron chi connectivity index (χ1n) is 7.22. The number of thioether (sulfide) groups is 1. The number of carbonyl (C=O) groups excluding carboxylic acids is 1. The summed E-state index contributed by atoms with van der Waals surface area (Å²) in [6, 6.07) is 6.40. The van der Waals surface area contributed by atoms with Gasteiger partial charge in [-0.25, -0.2) is 4.39 Å². The van der Waals surface area contributed by atoms with Gasteiger partial charge in [0.2, 0.25) is 5.91 Å². The summed E-state index contributed by atoms with van der Waals surface area (Å²) in [5, 5.41) is 8.34. The molecule has 124 valence electrons. The highest BCUT2D eigenvalue weighted by Gasteiger charge is 2.22. The maximum atomic E-state index is 14.2. The SMILES string of the molecule is C[C@H](Sc1nnc(CCN)n1-c1ccccc1F)C(=O)N(C)C. The molecular weight excluding hydrogens is 317 g/mol. The van der Waals surface area contributed by atoms with Crippen LogP contribution in [0.5, 0.6) is 0 Å². The zero-order chi connectivity index (χ0) is 17.0. The van der Waals surface area contributed by atoms with E-state index in [0.717, 1.165) is 0 Å². The second kappa shape index (κ2) is 7.56. The van der Waals surface area contributed by atoms with E-state index >= 15 is 0 Å². The van der Waals surface area contributed by atoms with Gasteiger partial charge in [0, 0.05) is 20.5 Å². The van der Waals surface area contributed by atoms with Gasteiger partial charge in [-0.1, -0.05) is 23.9 Å². The lowest BCUT2D eigenvalue weighted by atomic mass is 10.3. The monoisotopic (exact) mass is 337 g/mol. The van der Waals surface area contributed by atoms with Gasteiger partial charge >= 0.3 is 0 Å². The van der Waals surface area contributed by atoms with Gasteiger partial charge in [-0.05, 0) is 25.6 Å². The van der Waals surface area contributed by atoms with Crippen molar-refractivity contribution in [2.75, 3.05) is 20.6 Å². The highest BCUT2D eigenvalue weighted by molar-refractivity contribution is 8.00. The fourth-order valence-corrected chi connectivity index (χ4v) is 3.14. The molecule has 2 N–H and O–H groups in total. The number of benzene rings is 1. The number of halogens is 1. The number of hydrogen-bond acceptors (Lipinski definition) is 5. The summed E-state index contributed by atoms with van der Waals surface area (Å²) in [5.41, 5.74) is 5.96. The van der Waals surface area contributed by atoms with Gasteiger partial charge in [0.15, 0.2) is 5.16 Å². The molecule has 0 bridgehead atoms. The van der Waals surface area contributed by atoms with Gasteiger partial charge in [-0.2, -0.15) is 0 Å². The van der Waals surface area contributed by atoms with E-state index in [0.29, 0.717) is 29.6 Å². The summed E-state index contributed by atoms with van der Waals surface area (Å²) in [4.78, 5) is 13.6. The summed E-state index contributed by atoms with van der Waals surface area (Å²) in [5.74, 6) is 0.155. The molecule has 1 aromatic heterocycles. The van der Waals surface area contributed by atoms with Gasteiger partial charge in [0.1, 0.15) is 11.6 Å². The van der Waals surface area contributed by atoms with E-state index in [4.69, 9.17) is 5.73 Å². The summed E-state index contributed by atoms with van der Waals surface area (Å²) < 4.78 is 15.8. The molecule has 1 aromatic carbocycles. The minimum absolute atomic E-state index is 0.0431. The van der Waals surface area contributed by atoms with E-state index in [1.54, 1.807) is 43.8 Å². The maximum absolute atomic E-state index is 14.2. The highest BCUT2D eigenvalue weighted by atomic mass is 32.2. The minimum Gasteiger partial charge on any atom is -0.348 e. The number of carbonyl (C=O) groups is 1. The third-order valence-electron chi connectivity index (χ3n) is 3.23. The van der Waals surface area contributed by atoms with Gasteiger partial charge in [0.25, 0.3) is 0 Å². The van der Waals surface area contributed by atoms with Crippen LogP contribution in [-0.4, -0.2) is 51.5 Å². The second-order valence-electron chi connectivity index (χ2n) is 5.22. The Morgan fingerprint density at radius 3 is 2.70 bits per heavy atom. The first-order valence-corrected chi connectivity index (χ1v) is 8.10. The van der Waals surface area contributed by atoms with E-state index in [9.17, 15) is 9.18 Å². The van der Waals surface area contributed by atoms with Crippen molar-refractivity contribution in [3.8, 4) is 5.69 Å². The van der Waals surface area contributed by atoms with Crippen LogP contribution in [0.15, 0.2) is 29.4 Å². The number of nitrogens with zero attached hydrogens (tertiary/aromatic N) is 4. The lowest BCUT2D eigenvalue weighted by Crippen LogP contribution is -2.29. The summed E-state index contributed by atoms with van der Waals surface area (Å²) in [7, 11) is 3.39. The van der Waals surface area contributed by atoms with Crippen LogP contribution in [0.3, 0.4) is 0 Å². The lowest BCUT2D eigenvalue weighted by Gasteiger charge is -2.17. The van der Waals surface area contributed by atoms with Crippen molar-refractivity contribution < 1.29 is 9.18 Å². The molecule has 0 unspecified atom stereocenters. The number of amides is 1. The third-order valence-corrected chi connectivity index (χ3v) is 4.26. The van der Waals surface area contributed by atoms with E-state index in [1.165, 1.54) is 22.7 Å². The van der Waals surface area contributed by atoms with Gasteiger partial charge < -0.3 is 10.6 Å². The van der Waals surface area contributed by atoms with Crippen LogP contribution < -0.4 is 5.73 Å². The molecule has 2 rings (SSSR count). The first-order chi connectivity index (χ1) is 11.0. The molecule has 6 nitrogen and oxygen atoms in total. The molecule has 0 aliphatic heterocycles. The molecule has 1 atom stereocenters. The number of rotatable bonds is 6. The van der Waals surface area contributed by atoms with E-state index in [-0.39, 0.29) is 17.0 Å². The Bertz CT molecular complexity index is 688. The predicted molar refractivity (Wildman–Crippen MR) is 88.1 cm³/mol. The average Bonchev–Trinajstić information content (AvgIpc) is 2.89. The van der Waals surface area contributed by atoms with Crippen molar-refractivity contribution in [1.29, 1.82) is 0 Å². The Morgan fingerprint density at radius 1 is 1.39 bits per heavy atom. The molecule has 0 fully saturated rings. The molecule has 8 heteroatoms.